The first-order valence-corrected chi connectivity index (χ1v) is 11.4. The molecule has 1 atom stereocenters. The number of rotatable bonds is 5. The van der Waals surface area contributed by atoms with Crippen molar-refractivity contribution in [3.63, 3.8) is 0 Å². The van der Waals surface area contributed by atoms with E-state index in [1.165, 1.54) is 11.2 Å². The molecule has 2 aromatic heterocycles. The minimum Gasteiger partial charge on any atom is -0.507 e. The summed E-state index contributed by atoms with van der Waals surface area (Å²) in [7, 11) is 1.54. The number of furan rings is 1. The Labute approximate surface area is 203 Å². The molecule has 4 aromatic rings. The van der Waals surface area contributed by atoms with Crippen molar-refractivity contribution in [2.24, 2.45) is 0 Å². The Morgan fingerprint density at radius 1 is 1.18 bits per heavy atom. The molecule has 0 aliphatic carbocycles. The number of nitrogens with one attached hydrogen (secondary N) is 1. The average Bonchev–Trinajstić information content (AvgIpc) is 3.52. The second kappa shape index (κ2) is 8.53. The predicted molar refractivity (Wildman–Crippen MR) is 130 cm³/mol. The lowest BCUT2D eigenvalue weighted by molar-refractivity contribution is -0.140. The molecule has 1 unspecified atom stereocenters. The molecular weight excluding hydrogens is 500 g/mol. The van der Waals surface area contributed by atoms with Crippen LogP contribution in [0.25, 0.3) is 16.7 Å². The van der Waals surface area contributed by atoms with Crippen LogP contribution in [0.1, 0.15) is 28.6 Å². The van der Waals surface area contributed by atoms with Gasteiger partial charge in [0.1, 0.15) is 17.3 Å². The van der Waals surface area contributed by atoms with E-state index in [1.54, 1.807) is 37.4 Å². The van der Waals surface area contributed by atoms with Crippen molar-refractivity contribution in [2.75, 3.05) is 7.11 Å². The molecule has 1 saturated heterocycles. The number of halogens is 1. The fraction of sp³-hybridized carbons (Fsp3) is 0.154. The summed E-state index contributed by atoms with van der Waals surface area (Å²) in [5, 5.41) is 12.2. The zero-order valence-electron chi connectivity index (χ0n) is 18.5. The van der Waals surface area contributed by atoms with Gasteiger partial charge in [0.2, 0.25) is 0 Å². The van der Waals surface area contributed by atoms with Gasteiger partial charge in [0.05, 0.1) is 36.0 Å². The Hall–Kier alpha value is -3.78. The summed E-state index contributed by atoms with van der Waals surface area (Å²) in [5.41, 5.74) is 2.87. The lowest BCUT2D eigenvalue weighted by atomic mass is 9.93. The molecule has 0 radical (unpaired) electrons. The summed E-state index contributed by atoms with van der Waals surface area (Å²) in [5.74, 6) is -0.570. The van der Waals surface area contributed by atoms with Crippen LogP contribution in [0.3, 0.4) is 0 Å². The summed E-state index contributed by atoms with van der Waals surface area (Å²) in [6.45, 7) is 1.98. The van der Waals surface area contributed by atoms with E-state index in [1.807, 2.05) is 31.2 Å². The third kappa shape index (κ3) is 3.51. The Morgan fingerprint density at radius 3 is 2.68 bits per heavy atom. The quantitative estimate of drug-likeness (QED) is 0.207. The second-order valence-electron chi connectivity index (χ2n) is 8.06. The number of aromatic nitrogens is 1. The van der Waals surface area contributed by atoms with Gasteiger partial charge in [-0.3, -0.25) is 9.59 Å². The van der Waals surface area contributed by atoms with Crippen molar-refractivity contribution in [3.8, 4) is 5.75 Å². The maximum atomic E-state index is 13.3. The molecular formula is C26H21BrN2O5. The minimum absolute atomic E-state index is 0.0291. The van der Waals surface area contributed by atoms with Crippen LogP contribution in [0.4, 0.5) is 0 Å². The summed E-state index contributed by atoms with van der Waals surface area (Å²) >= 11 is 3.42. The number of para-hydroxylation sites is 1. The van der Waals surface area contributed by atoms with Gasteiger partial charge in [-0.2, -0.15) is 0 Å². The first-order chi connectivity index (χ1) is 16.4. The molecule has 1 aliphatic rings. The fourth-order valence-corrected chi connectivity index (χ4v) is 5.07. The van der Waals surface area contributed by atoms with Crippen LogP contribution in [0.2, 0.25) is 0 Å². The Morgan fingerprint density at radius 2 is 1.97 bits per heavy atom. The number of methoxy groups -OCH3 is 1. The van der Waals surface area contributed by atoms with Crippen LogP contribution in [-0.2, 0) is 16.1 Å². The molecule has 1 amide bonds. The lowest BCUT2D eigenvalue weighted by Gasteiger charge is -2.25. The third-order valence-corrected chi connectivity index (χ3v) is 6.71. The van der Waals surface area contributed by atoms with Crippen LogP contribution < -0.4 is 4.74 Å². The molecule has 0 spiro atoms. The van der Waals surface area contributed by atoms with Gasteiger partial charge in [0.25, 0.3) is 11.7 Å². The van der Waals surface area contributed by atoms with Crippen molar-refractivity contribution >= 4 is 44.3 Å². The monoisotopic (exact) mass is 520 g/mol. The zero-order chi connectivity index (χ0) is 24.0. The number of fused-ring (bicyclic) bond motifs is 1. The number of carbonyl (C=O) groups excluding carboxylic acids is 2. The highest BCUT2D eigenvalue weighted by atomic mass is 79.9. The molecule has 1 fully saturated rings. The van der Waals surface area contributed by atoms with Gasteiger partial charge >= 0.3 is 0 Å². The van der Waals surface area contributed by atoms with E-state index in [0.29, 0.717) is 21.5 Å². The van der Waals surface area contributed by atoms with Crippen molar-refractivity contribution in [1.29, 1.82) is 0 Å². The van der Waals surface area contributed by atoms with Gasteiger partial charge in [-0.15, -0.1) is 0 Å². The zero-order valence-corrected chi connectivity index (χ0v) is 20.0. The number of benzene rings is 2. The van der Waals surface area contributed by atoms with E-state index in [9.17, 15) is 14.7 Å². The smallest absolute Gasteiger partial charge is 0.296 e. The van der Waals surface area contributed by atoms with Crippen LogP contribution in [-0.4, -0.2) is 33.8 Å². The van der Waals surface area contributed by atoms with Crippen molar-refractivity contribution < 1.29 is 23.8 Å². The highest BCUT2D eigenvalue weighted by Crippen LogP contribution is 2.44. The summed E-state index contributed by atoms with van der Waals surface area (Å²) in [6, 6.07) is 15.4. The number of hydrogen-bond acceptors (Lipinski definition) is 5. The first kappa shape index (κ1) is 22.0. The van der Waals surface area contributed by atoms with Crippen LogP contribution in [0, 0.1) is 6.92 Å². The number of carbonyl (C=O) groups is 2. The number of nitrogens with zero attached hydrogens (tertiary/aromatic N) is 1. The number of ketones is 1. The lowest BCUT2D eigenvalue weighted by Crippen LogP contribution is -2.29. The van der Waals surface area contributed by atoms with Gasteiger partial charge in [-0.1, -0.05) is 18.2 Å². The van der Waals surface area contributed by atoms with E-state index in [-0.39, 0.29) is 17.9 Å². The molecule has 2 N–H and O–H groups in total. The van der Waals surface area contributed by atoms with Gasteiger partial charge in [-0.05, 0) is 59.3 Å². The summed E-state index contributed by atoms with van der Waals surface area (Å²) < 4.78 is 11.4. The van der Waals surface area contributed by atoms with Gasteiger partial charge in [0.15, 0.2) is 0 Å². The Bertz CT molecular complexity index is 1450. The van der Waals surface area contributed by atoms with Crippen molar-refractivity contribution in [3.05, 3.63) is 93.5 Å². The van der Waals surface area contributed by atoms with E-state index in [2.05, 4.69) is 20.9 Å². The third-order valence-electron chi connectivity index (χ3n) is 6.09. The standard InChI is InChI=1S/C26H21BrN2O5/c1-14-21(17-7-3-4-8-19(17)28-14)23-22(24(30)15-9-10-20(33-2)18(27)12-15)25(31)26(32)29(23)13-16-6-5-11-34-16/h3-12,23,28,30H,13H2,1-2H3/b24-22+. The molecule has 34 heavy (non-hydrogen) atoms. The minimum atomic E-state index is -0.804. The van der Waals surface area contributed by atoms with E-state index in [4.69, 9.17) is 9.15 Å². The molecule has 7 nitrogen and oxygen atoms in total. The number of H-pyrrole nitrogens is 1. The first-order valence-electron chi connectivity index (χ1n) is 10.6. The fourth-order valence-electron chi connectivity index (χ4n) is 4.53. The van der Waals surface area contributed by atoms with Crippen LogP contribution in [0.5, 0.6) is 5.75 Å². The van der Waals surface area contributed by atoms with E-state index in [0.717, 1.165) is 22.2 Å². The normalized spacial score (nSPS) is 17.6. The summed E-state index contributed by atoms with van der Waals surface area (Å²) in [6.07, 6.45) is 1.52. The Balaban J connectivity index is 1.74. The van der Waals surface area contributed by atoms with E-state index >= 15 is 0 Å². The van der Waals surface area contributed by atoms with Crippen LogP contribution >= 0.6 is 15.9 Å². The molecule has 2 aromatic carbocycles. The van der Waals surface area contributed by atoms with Gasteiger partial charge in [0, 0.05) is 27.7 Å². The van der Waals surface area contributed by atoms with Gasteiger partial charge in [-0.25, -0.2) is 0 Å². The van der Waals surface area contributed by atoms with E-state index < -0.39 is 17.7 Å². The highest BCUT2D eigenvalue weighted by Gasteiger charge is 2.47. The number of amides is 1. The maximum absolute atomic E-state index is 13.3. The molecule has 8 heteroatoms. The number of aliphatic hydroxyl groups is 1. The second-order valence-corrected chi connectivity index (χ2v) is 8.92. The SMILES string of the molecule is COc1ccc(/C(O)=C2\C(=O)C(=O)N(Cc3ccco3)C2c2c(C)[nH]c3ccccc23)cc1Br. The summed E-state index contributed by atoms with van der Waals surface area (Å²) in [4.78, 5) is 31.4. The largest absolute Gasteiger partial charge is 0.507 e. The molecule has 172 valence electrons. The number of hydrogen-bond donors (Lipinski definition) is 2. The molecule has 0 saturated carbocycles. The number of aliphatic hydroxyl groups excluding tert-OH is 1. The van der Waals surface area contributed by atoms with Crippen molar-refractivity contribution in [1.82, 2.24) is 9.88 Å². The molecule has 0 bridgehead atoms. The molecule has 1 aliphatic heterocycles. The molecule has 5 rings (SSSR count). The number of aryl methyl sites for hydroxylation is 1. The number of aromatic amines is 1. The number of Topliss-reactive ketones (excluding diaryl/α,β-unsaturated/α-hetero) is 1. The predicted octanol–water partition coefficient (Wildman–Crippen LogP) is 5.46. The van der Waals surface area contributed by atoms with Crippen LogP contribution in [0.15, 0.2) is 75.3 Å². The highest BCUT2D eigenvalue weighted by molar-refractivity contribution is 9.10. The molecule has 3 heterocycles. The van der Waals surface area contributed by atoms with Gasteiger partial charge < -0.3 is 24.1 Å². The topological polar surface area (TPSA) is 95.8 Å². The number of ether oxygens (including phenoxy) is 1. The van der Waals surface area contributed by atoms with Crippen molar-refractivity contribution in [2.45, 2.75) is 19.5 Å². The number of likely N-dealkylation sites (tertiary alicyclic amines) is 1. The average molecular weight is 521 g/mol. The maximum Gasteiger partial charge on any atom is 0.296 e. The Kier molecular flexibility index (Phi) is 5.53.